The zero-order chi connectivity index (χ0) is 20.8. The molecule has 1 heterocycles. The van der Waals surface area contributed by atoms with Crippen LogP contribution in [0.4, 0.5) is 0 Å². The van der Waals surface area contributed by atoms with Gasteiger partial charge in [0.2, 0.25) is 0 Å². The lowest BCUT2D eigenvalue weighted by molar-refractivity contribution is -0.145. The fourth-order valence-corrected chi connectivity index (χ4v) is 3.47. The largest absolute Gasteiger partial charge is 0.481 e. The summed E-state index contributed by atoms with van der Waals surface area (Å²) < 4.78 is 17.5. The first-order valence-corrected chi connectivity index (χ1v) is 10.4. The predicted molar refractivity (Wildman–Crippen MR) is 120 cm³/mol. The lowest BCUT2D eigenvalue weighted by atomic mass is 10.2. The molecule has 0 saturated carbocycles. The van der Waals surface area contributed by atoms with Gasteiger partial charge in [0.05, 0.1) is 16.4 Å². The fourth-order valence-electron chi connectivity index (χ4n) is 2.40. The van der Waals surface area contributed by atoms with E-state index in [2.05, 4.69) is 49.0 Å². The Bertz CT molecular complexity index is 1080. The normalized spacial score (nSPS) is 11.0. The van der Waals surface area contributed by atoms with E-state index in [1.54, 1.807) is 31.2 Å². The predicted octanol–water partition coefficient (Wildman–Crippen LogP) is 4.51. The molecule has 0 aliphatic heterocycles. The summed E-state index contributed by atoms with van der Waals surface area (Å²) in [6.45, 7) is 1.90. The Labute approximate surface area is 188 Å². The summed E-state index contributed by atoms with van der Waals surface area (Å²) >= 11 is 5.48. The van der Waals surface area contributed by atoms with Crippen molar-refractivity contribution in [3.05, 3.63) is 61.8 Å². The molecule has 150 valence electrons. The summed E-state index contributed by atoms with van der Waals surface area (Å²) in [5, 5.41) is 4.78. The highest BCUT2D eigenvalue weighted by Crippen LogP contribution is 2.23. The Morgan fingerprint density at radius 3 is 2.83 bits per heavy atom. The van der Waals surface area contributed by atoms with Crippen molar-refractivity contribution >= 4 is 67.6 Å². The molecule has 0 spiro atoms. The monoisotopic (exact) mass is 570 g/mol. The first-order chi connectivity index (χ1) is 14.0. The van der Waals surface area contributed by atoms with Gasteiger partial charge in [0.1, 0.15) is 11.3 Å². The van der Waals surface area contributed by atoms with Crippen molar-refractivity contribution in [3.63, 3.8) is 0 Å². The molecule has 1 N–H and O–H groups in total. The molecule has 1 aromatic heterocycles. The van der Waals surface area contributed by atoms with E-state index in [9.17, 15) is 9.59 Å². The van der Waals surface area contributed by atoms with E-state index in [1.165, 1.54) is 6.21 Å². The molecule has 1 amide bonds. The summed E-state index contributed by atoms with van der Waals surface area (Å²) in [5.74, 6) is -0.131. The lowest BCUT2D eigenvalue weighted by Gasteiger charge is -2.08. The number of hydrazone groups is 1. The van der Waals surface area contributed by atoms with Gasteiger partial charge in [-0.3, -0.25) is 4.79 Å². The van der Waals surface area contributed by atoms with Crippen LogP contribution in [-0.4, -0.2) is 31.3 Å². The van der Waals surface area contributed by atoms with Gasteiger partial charge in [-0.05, 0) is 77.5 Å². The van der Waals surface area contributed by atoms with E-state index < -0.39 is 11.9 Å². The van der Waals surface area contributed by atoms with Crippen molar-refractivity contribution in [2.45, 2.75) is 6.92 Å². The number of fused-ring (bicyclic) bond motifs is 1. The molecule has 3 aromatic rings. The van der Waals surface area contributed by atoms with Crippen LogP contribution in [0, 0.1) is 3.57 Å². The van der Waals surface area contributed by atoms with E-state index >= 15 is 0 Å². The van der Waals surface area contributed by atoms with Crippen LogP contribution in [0.5, 0.6) is 5.75 Å². The van der Waals surface area contributed by atoms with E-state index in [4.69, 9.17) is 13.9 Å². The van der Waals surface area contributed by atoms with Gasteiger partial charge in [0.25, 0.3) is 0 Å². The molecule has 29 heavy (non-hydrogen) atoms. The average molecular weight is 571 g/mol. The van der Waals surface area contributed by atoms with Crippen molar-refractivity contribution in [2.24, 2.45) is 5.10 Å². The molecule has 0 aliphatic rings. The Morgan fingerprint density at radius 2 is 2.07 bits per heavy atom. The van der Waals surface area contributed by atoms with Gasteiger partial charge >= 0.3 is 11.9 Å². The molecular weight excluding hydrogens is 555 g/mol. The highest BCUT2D eigenvalue weighted by molar-refractivity contribution is 14.1. The van der Waals surface area contributed by atoms with E-state index in [1.807, 2.05) is 18.2 Å². The van der Waals surface area contributed by atoms with Gasteiger partial charge in [-0.25, -0.2) is 10.2 Å². The summed E-state index contributed by atoms with van der Waals surface area (Å²) in [4.78, 5) is 23.6. The van der Waals surface area contributed by atoms with Crippen LogP contribution in [-0.2, 0) is 9.53 Å². The number of hydrogen-bond acceptors (Lipinski definition) is 6. The van der Waals surface area contributed by atoms with Crippen LogP contribution in [0.2, 0.25) is 0 Å². The SMILES string of the molecule is CCOC(=O)COc1ccc(/C=N/NC(=O)c2cc3cc(Br)ccc3o2)cc1I. The van der Waals surface area contributed by atoms with Crippen LogP contribution in [0.15, 0.2) is 56.5 Å². The molecule has 0 aliphatic carbocycles. The second-order valence-corrected chi connectivity index (χ2v) is 7.85. The third-order valence-corrected chi connectivity index (χ3v) is 5.02. The van der Waals surface area contributed by atoms with Crippen LogP contribution in [0.1, 0.15) is 23.0 Å². The van der Waals surface area contributed by atoms with Gasteiger partial charge in [0, 0.05) is 9.86 Å². The summed E-state index contributed by atoms with van der Waals surface area (Å²) in [5.41, 5.74) is 3.82. The molecular formula is C20H16BrIN2O5. The van der Waals surface area contributed by atoms with Gasteiger partial charge in [0.15, 0.2) is 12.4 Å². The van der Waals surface area contributed by atoms with Gasteiger partial charge in [-0.1, -0.05) is 15.9 Å². The molecule has 0 fully saturated rings. The third kappa shape index (κ3) is 5.80. The molecule has 9 heteroatoms. The van der Waals surface area contributed by atoms with Crippen LogP contribution in [0.25, 0.3) is 11.0 Å². The second kappa shape index (κ2) is 9.88. The van der Waals surface area contributed by atoms with Gasteiger partial charge < -0.3 is 13.9 Å². The van der Waals surface area contributed by atoms with E-state index in [0.29, 0.717) is 17.9 Å². The molecule has 7 nitrogen and oxygen atoms in total. The van der Waals surface area contributed by atoms with E-state index in [0.717, 1.165) is 19.0 Å². The number of rotatable bonds is 7. The standard InChI is InChI=1S/C20H16BrIN2O5/c1-2-27-19(25)11-28-17-5-3-12(7-15(17)22)10-23-24-20(26)18-9-13-8-14(21)4-6-16(13)29-18/h3-10H,2,11H2,1H3,(H,24,26)/b23-10+. The maximum absolute atomic E-state index is 12.2. The number of nitrogens with one attached hydrogen (secondary N) is 1. The minimum Gasteiger partial charge on any atom is -0.481 e. The molecule has 0 unspecified atom stereocenters. The van der Waals surface area contributed by atoms with Crippen molar-refractivity contribution in [3.8, 4) is 5.75 Å². The zero-order valence-corrected chi connectivity index (χ0v) is 19.0. The van der Waals surface area contributed by atoms with Crippen molar-refractivity contribution in [2.75, 3.05) is 13.2 Å². The molecule has 0 radical (unpaired) electrons. The Morgan fingerprint density at radius 1 is 1.24 bits per heavy atom. The Balaban J connectivity index is 1.59. The number of furan rings is 1. The van der Waals surface area contributed by atoms with Gasteiger partial charge in [-0.15, -0.1) is 0 Å². The maximum atomic E-state index is 12.2. The maximum Gasteiger partial charge on any atom is 0.344 e. The molecule has 2 aromatic carbocycles. The number of esters is 1. The molecule has 0 atom stereocenters. The minimum atomic E-state index is -0.447. The number of hydrogen-bond donors (Lipinski definition) is 1. The number of halogens is 2. The zero-order valence-electron chi connectivity index (χ0n) is 15.3. The smallest absolute Gasteiger partial charge is 0.344 e. The quantitative estimate of drug-likeness (QED) is 0.195. The number of carbonyl (C=O) groups excluding carboxylic acids is 2. The number of benzene rings is 2. The Hall–Kier alpha value is -2.40. The molecule has 0 saturated heterocycles. The minimum absolute atomic E-state index is 0.151. The van der Waals surface area contributed by atoms with E-state index in [-0.39, 0.29) is 12.4 Å². The summed E-state index contributed by atoms with van der Waals surface area (Å²) in [6.07, 6.45) is 1.51. The number of carbonyl (C=O) groups is 2. The summed E-state index contributed by atoms with van der Waals surface area (Å²) in [6, 6.07) is 12.4. The lowest BCUT2D eigenvalue weighted by Crippen LogP contribution is -2.16. The topological polar surface area (TPSA) is 90.1 Å². The number of ether oxygens (including phenoxy) is 2. The molecule has 3 rings (SSSR count). The highest BCUT2D eigenvalue weighted by Gasteiger charge is 2.12. The fraction of sp³-hybridized carbons (Fsp3) is 0.150. The average Bonchev–Trinajstić information content (AvgIpc) is 3.11. The van der Waals surface area contributed by atoms with Crippen LogP contribution in [0.3, 0.4) is 0 Å². The van der Waals surface area contributed by atoms with Crippen LogP contribution < -0.4 is 10.2 Å². The van der Waals surface area contributed by atoms with Crippen molar-refractivity contribution in [1.29, 1.82) is 0 Å². The first kappa shape index (κ1) is 21.3. The van der Waals surface area contributed by atoms with Crippen molar-refractivity contribution < 1.29 is 23.5 Å². The molecule has 0 bridgehead atoms. The Kier molecular flexibility index (Phi) is 7.26. The van der Waals surface area contributed by atoms with Crippen molar-refractivity contribution in [1.82, 2.24) is 5.43 Å². The summed E-state index contributed by atoms with van der Waals surface area (Å²) in [7, 11) is 0. The van der Waals surface area contributed by atoms with Gasteiger partial charge in [-0.2, -0.15) is 5.10 Å². The van der Waals surface area contributed by atoms with Crippen LogP contribution >= 0.6 is 38.5 Å². The first-order valence-electron chi connectivity index (χ1n) is 8.56. The third-order valence-electron chi connectivity index (χ3n) is 3.69. The highest BCUT2D eigenvalue weighted by atomic mass is 127. The second-order valence-electron chi connectivity index (χ2n) is 5.78. The number of amides is 1. The number of nitrogens with zero attached hydrogens (tertiary/aromatic N) is 1.